The van der Waals surface area contributed by atoms with Crippen molar-refractivity contribution in [2.24, 2.45) is 0 Å². The Labute approximate surface area is 190 Å². The number of sulfonamides is 1. The van der Waals surface area contributed by atoms with Gasteiger partial charge >= 0.3 is 0 Å². The van der Waals surface area contributed by atoms with Gasteiger partial charge in [-0.2, -0.15) is 9.40 Å². The van der Waals surface area contributed by atoms with E-state index in [1.54, 1.807) is 29.3 Å². The Morgan fingerprint density at radius 3 is 2.30 bits per heavy atom. The highest BCUT2D eigenvalue weighted by Crippen LogP contribution is 2.17. The van der Waals surface area contributed by atoms with Gasteiger partial charge in [0.1, 0.15) is 0 Å². The molecule has 0 radical (unpaired) electrons. The van der Waals surface area contributed by atoms with Crippen molar-refractivity contribution in [2.75, 3.05) is 26.2 Å². The third-order valence-corrected chi connectivity index (χ3v) is 6.84. The topological polar surface area (TPSA) is 119 Å². The first kappa shape index (κ1) is 22.4. The van der Waals surface area contributed by atoms with Crippen LogP contribution in [0.15, 0.2) is 72.4 Å². The largest absolute Gasteiger partial charge is 0.336 e. The van der Waals surface area contributed by atoms with Gasteiger partial charge in [0.05, 0.1) is 22.4 Å². The van der Waals surface area contributed by atoms with Gasteiger partial charge in [-0.1, -0.05) is 30.3 Å². The fraction of sp³-hybridized carbons (Fsp3) is 0.182. The minimum Gasteiger partial charge on any atom is -0.336 e. The first-order valence-corrected chi connectivity index (χ1v) is 11.7. The van der Waals surface area contributed by atoms with Crippen molar-refractivity contribution >= 4 is 27.7 Å². The molecule has 0 saturated carbocycles. The summed E-state index contributed by atoms with van der Waals surface area (Å²) in [5, 5.41) is 16.1. The van der Waals surface area contributed by atoms with Gasteiger partial charge in [-0.15, -0.1) is 0 Å². The van der Waals surface area contributed by atoms with Crippen molar-refractivity contribution in [1.82, 2.24) is 19.0 Å². The van der Waals surface area contributed by atoms with Crippen molar-refractivity contribution < 1.29 is 18.1 Å². The maximum atomic E-state index is 12.9. The van der Waals surface area contributed by atoms with Gasteiger partial charge in [0.15, 0.2) is 0 Å². The van der Waals surface area contributed by atoms with Crippen molar-refractivity contribution in [3.05, 3.63) is 93.6 Å². The Morgan fingerprint density at radius 2 is 1.67 bits per heavy atom. The number of nitrogens with zero attached hydrogens (tertiary/aromatic N) is 5. The van der Waals surface area contributed by atoms with Crippen LogP contribution in [-0.2, 0) is 10.0 Å². The molecular weight excluding hydrogens is 446 g/mol. The highest BCUT2D eigenvalue weighted by Gasteiger charge is 2.28. The number of carbonyl (C=O) groups excluding carboxylic acids is 1. The molecule has 1 aliphatic rings. The van der Waals surface area contributed by atoms with E-state index in [1.807, 2.05) is 30.3 Å². The summed E-state index contributed by atoms with van der Waals surface area (Å²) in [7, 11) is -3.59. The van der Waals surface area contributed by atoms with Gasteiger partial charge in [0.25, 0.3) is 11.6 Å². The Bertz CT molecular complexity index is 1280. The minimum absolute atomic E-state index is 0.0337. The fourth-order valence-electron chi connectivity index (χ4n) is 3.44. The molecule has 1 saturated heterocycles. The molecule has 2 heterocycles. The standard InChI is InChI=1S/C22H21N5O5S/c28-22(19-16-23-26(17-19)20-6-8-21(9-7-20)27(29)30)24-11-13-25(14-12-24)33(31,32)15-10-18-4-2-1-3-5-18/h1-10,15-17H,11-14H2/b15-10+. The summed E-state index contributed by atoms with van der Waals surface area (Å²) >= 11 is 0. The average Bonchev–Trinajstić information content (AvgIpc) is 3.33. The quantitative estimate of drug-likeness (QED) is 0.406. The van der Waals surface area contributed by atoms with Gasteiger partial charge in [-0.3, -0.25) is 14.9 Å². The number of rotatable bonds is 6. The molecule has 1 aliphatic heterocycles. The van der Waals surface area contributed by atoms with Crippen LogP contribution in [0.4, 0.5) is 5.69 Å². The molecule has 0 spiro atoms. The first-order chi connectivity index (χ1) is 15.8. The molecule has 10 nitrogen and oxygen atoms in total. The van der Waals surface area contributed by atoms with Gasteiger partial charge in [0, 0.05) is 49.9 Å². The molecule has 0 aliphatic carbocycles. The van der Waals surface area contributed by atoms with Crippen LogP contribution < -0.4 is 0 Å². The number of amides is 1. The van der Waals surface area contributed by atoms with Gasteiger partial charge in [-0.05, 0) is 23.8 Å². The zero-order valence-corrected chi connectivity index (χ0v) is 18.3. The number of benzene rings is 2. The van der Waals surface area contributed by atoms with Crippen LogP contribution >= 0.6 is 0 Å². The normalized spacial score (nSPS) is 15.1. The Balaban J connectivity index is 1.37. The first-order valence-electron chi connectivity index (χ1n) is 10.2. The lowest BCUT2D eigenvalue weighted by molar-refractivity contribution is -0.384. The lowest BCUT2D eigenvalue weighted by atomic mass is 10.2. The molecular formula is C22H21N5O5S. The van der Waals surface area contributed by atoms with E-state index >= 15 is 0 Å². The van der Waals surface area contributed by atoms with Gasteiger partial charge in [0.2, 0.25) is 10.0 Å². The summed E-state index contributed by atoms with van der Waals surface area (Å²) in [6.07, 6.45) is 4.53. The maximum Gasteiger partial charge on any atom is 0.269 e. The van der Waals surface area contributed by atoms with E-state index in [1.165, 1.54) is 32.7 Å². The number of carbonyl (C=O) groups is 1. The molecule has 2 aromatic carbocycles. The van der Waals surface area contributed by atoms with E-state index in [-0.39, 0.29) is 37.8 Å². The van der Waals surface area contributed by atoms with Crippen LogP contribution in [-0.4, -0.2) is 64.4 Å². The van der Waals surface area contributed by atoms with E-state index in [2.05, 4.69) is 5.10 Å². The zero-order chi connectivity index (χ0) is 23.4. The second kappa shape index (κ2) is 9.35. The molecule has 1 fully saturated rings. The van der Waals surface area contributed by atoms with Crippen LogP contribution in [0, 0.1) is 10.1 Å². The molecule has 11 heteroatoms. The lowest BCUT2D eigenvalue weighted by Gasteiger charge is -2.33. The molecule has 0 N–H and O–H groups in total. The van der Waals surface area contributed by atoms with E-state index < -0.39 is 14.9 Å². The summed E-state index contributed by atoms with van der Waals surface area (Å²) in [4.78, 5) is 24.7. The predicted octanol–water partition coefficient (Wildman–Crippen LogP) is 2.54. The lowest BCUT2D eigenvalue weighted by Crippen LogP contribution is -2.50. The third-order valence-electron chi connectivity index (χ3n) is 5.27. The number of aromatic nitrogens is 2. The minimum atomic E-state index is -3.59. The number of nitro groups is 1. The van der Waals surface area contributed by atoms with Crippen LogP contribution in [0.2, 0.25) is 0 Å². The van der Waals surface area contributed by atoms with E-state index in [4.69, 9.17) is 0 Å². The Morgan fingerprint density at radius 1 is 1.00 bits per heavy atom. The molecule has 1 amide bonds. The molecule has 0 bridgehead atoms. The molecule has 170 valence electrons. The zero-order valence-electron chi connectivity index (χ0n) is 17.5. The number of hydrogen-bond acceptors (Lipinski definition) is 6. The fourth-order valence-corrected chi connectivity index (χ4v) is 4.62. The van der Waals surface area contributed by atoms with Crippen molar-refractivity contribution in [2.45, 2.75) is 0 Å². The average molecular weight is 468 g/mol. The second-order valence-electron chi connectivity index (χ2n) is 7.40. The number of nitro benzene ring substituents is 1. The number of hydrogen-bond donors (Lipinski definition) is 0. The van der Waals surface area contributed by atoms with Gasteiger partial charge in [-0.25, -0.2) is 13.1 Å². The molecule has 3 aromatic rings. The molecule has 0 unspecified atom stereocenters. The van der Waals surface area contributed by atoms with E-state index in [0.29, 0.717) is 11.3 Å². The van der Waals surface area contributed by atoms with Gasteiger partial charge < -0.3 is 4.90 Å². The number of piperazine rings is 1. The van der Waals surface area contributed by atoms with Crippen molar-refractivity contribution in [3.8, 4) is 5.69 Å². The maximum absolute atomic E-state index is 12.9. The van der Waals surface area contributed by atoms with Crippen molar-refractivity contribution in [1.29, 1.82) is 0 Å². The number of non-ortho nitro benzene ring substituents is 1. The summed E-state index contributed by atoms with van der Waals surface area (Å²) in [6, 6.07) is 15.0. The summed E-state index contributed by atoms with van der Waals surface area (Å²) in [5.41, 5.74) is 1.70. The van der Waals surface area contributed by atoms with Crippen LogP contribution in [0.25, 0.3) is 11.8 Å². The summed E-state index contributed by atoms with van der Waals surface area (Å²) in [6.45, 7) is 0.924. The van der Waals surface area contributed by atoms with Crippen LogP contribution in [0.5, 0.6) is 0 Å². The Hall–Kier alpha value is -3.83. The highest BCUT2D eigenvalue weighted by atomic mass is 32.2. The second-order valence-corrected chi connectivity index (χ2v) is 9.22. The van der Waals surface area contributed by atoms with E-state index in [0.717, 1.165) is 5.56 Å². The van der Waals surface area contributed by atoms with Crippen LogP contribution in [0.3, 0.4) is 0 Å². The molecule has 1 aromatic heterocycles. The Kier molecular flexibility index (Phi) is 6.33. The highest BCUT2D eigenvalue weighted by molar-refractivity contribution is 7.92. The van der Waals surface area contributed by atoms with Crippen molar-refractivity contribution in [3.63, 3.8) is 0 Å². The molecule has 4 rings (SSSR count). The SMILES string of the molecule is O=C(c1cnn(-c2ccc([N+](=O)[O-])cc2)c1)N1CCN(S(=O)(=O)/C=C/c2ccccc2)CC1. The van der Waals surface area contributed by atoms with E-state index in [9.17, 15) is 23.3 Å². The third kappa shape index (κ3) is 5.16. The summed E-state index contributed by atoms with van der Waals surface area (Å²) in [5.74, 6) is -0.250. The monoisotopic (exact) mass is 467 g/mol. The molecule has 0 atom stereocenters. The molecule has 33 heavy (non-hydrogen) atoms. The predicted molar refractivity (Wildman–Crippen MR) is 122 cm³/mol. The smallest absolute Gasteiger partial charge is 0.269 e. The summed E-state index contributed by atoms with van der Waals surface area (Å²) < 4.78 is 28.0. The van der Waals surface area contributed by atoms with Crippen LogP contribution in [0.1, 0.15) is 15.9 Å².